The van der Waals surface area contributed by atoms with Crippen LogP contribution in [0.2, 0.25) is 0 Å². The molecule has 4 aliphatic heterocycles. The van der Waals surface area contributed by atoms with Crippen molar-refractivity contribution in [2.45, 2.75) is 219 Å². The van der Waals surface area contributed by atoms with Crippen molar-refractivity contribution in [3.63, 3.8) is 0 Å². The summed E-state index contributed by atoms with van der Waals surface area (Å²) in [4.78, 5) is 75.3. The fourth-order valence-corrected chi connectivity index (χ4v) is 14.2. The molecule has 392 valence electrons. The van der Waals surface area contributed by atoms with Gasteiger partial charge in [0.2, 0.25) is 0 Å². The predicted octanol–water partition coefficient (Wildman–Crippen LogP) is 4.93. The van der Waals surface area contributed by atoms with Gasteiger partial charge in [-0.1, -0.05) is 39.3 Å². The first kappa shape index (κ1) is 52.6. The Morgan fingerprint density at radius 2 is 1.27 bits per heavy atom. The molecule has 4 heterocycles. The van der Waals surface area contributed by atoms with E-state index in [1.165, 1.54) is 12.5 Å². The van der Waals surface area contributed by atoms with Crippen LogP contribution in [0.1, 0.15) is 134 Å². The molecule has 8 aliphatic rings. The summed E-state index contributed by atoms with van der Waals surface area (Å²) in [5.74, 6) is -4.06. The molecular formula is C51H74O19. The van der Waals surface area contributed by atoms with Crippen molar-refractivity contribution in [1.29, 1.82) is 0 Å². The molecule has 0 amide bonds. The Hall–Kier alpha value is -3.72. The Balaban J connectivity index is 1.08. The number of carbonyl (C=O) groups is 6. The first-order valence-electron chi connectivity index (χ1n) is 25.3. The lowest BCUT2D eigenvalue weighted by molar-refractivity contribution is -0.370. The van der Waals surface area contributed by atoms with Crippen LogP contribution in [-0.2, 0) is 85.6 Å². The van der Waals surface area contributed by atoms with Gasteiger partial charge in [0.15, 0.2) is 55.0 Å². The fraction of sp³-hybridized carbons (Fsp3) is 0.843. The van der Waals surface area contributed by atoms with Gasteiger partial charge >= 0.3 is 35.8 Å². The second-order valence-corrected chi connectivity index (χ2v) is 21.9. The third-order valence-electron chi connectivity index (χ3n) is 17.5. The van der Waals surface area contributed by atoms with Crippen molar-refractivity contribution in [3.05, 3.63) is 11.6 Å². The van der Waals surface area contributed by atoms with E-state index in [0.717, 1.165) is 79.6 Å². The summed E-state index contributed by atoms with van der Waals surface area (Å²) in [7, 11) is 0. The van der Waals surface area contributed by atoms with Crippen LogP contribution in [0.15, 0.2) is 11.6 Å². The smallest absolute Gasteiger partial charge is 0.303 e. The van der Waals surface area contributed by atoms with Gasteiger partial charge in [-0.05, 0) is 87.4 Å². The van der Waals surface area contributed by atoms with Gasteiger partial charge in [0, 0.05) is 59.3 Å². The highest BCUT2D eigenvalue weighted by molar-refractivity contribution is 5.69. The fourth-order valence-electron chi connectivity index (χ4n) is 14.2. The first-order valence-corrected chi connectivity index (χ1v) is 25.3. The van der Waals surface area contributed by atoms with Crippen molar-refractivity contribution in [1.82, 2.24) is 0 Å². The van der Waals surface area contributed by atoms with Gasteiger partial charge in [0.25, 0.3) is 0 Å². The zero-order valence-corrected chi connectivity index (χ0v) is 42.5. The van der Waals surface area contributed by atoms with Crippen molar-refractivity contribution in [2.24, 2.45) is 40.4 Å². The predicted molar refractivity (Wildman–Crippen MR) is 240 cm³/mol. The Morgan fingerprint density at radius 3 is 1.89 bits per heavy atom. The van der Waals surface area contributed by atoms with Crippen LogP contribution in [-0.4, -0.2) is 139 Å². The van der Waals surface area contributed by atoms with E-state index < -0.39 is 121 Å². The molecule has 19 nitrogen and oxygen atoms in total. The Bertz CT molecular complexity index is 2050. The zero-order valence-electron chi connectivity index (χ0n) is 42.5. The molecule has 0 bridgehead atoms. The number of ether oxygens (including phenoxy) is 12. The molecule has 0 aromatic carbocycles. The summed E-state index contributed by atoms with van der Waals surface area (Å²) in [5, 5.41) is 12.9. The highest BCUT2D eigenvalue weighted by atomic mass is 16.8. The summed E-state index contributed by atoms with van der Waals surface area (Å²) < 4.78 is 73.5. The third kappa shape index (κ3) is 9.54. The zero-order chi connectivity index (χ0) is 50.8. The largest absolute Gasteiger partial charge is 0.463 e. The average molecular weight is 991 g/mol. The summed E-state index contributed by atoms with van der Waals surface area (Å²) >= 11 is 0. The molecule has 1 spiro atoms. The molecule has 0 aromatic heterocycles. The number of fused-ring (bicyclic) bond motifs is 7. The van der Waals surface area contributed by atoms with E-state index in [1.54, 1.807) is 6.92 Å². The second-order valence-electron chi connectivity index (χ2n) is 21.9. The first-order chi connectivity index (χ1) is 32.9. The van der Waals surface area contributed by atoms with Crippen molar-refractivity contribution in [3.8, 4) is 0 Å². The Labute approximate surface area is 409 Å². The molecule has 4 aliphatic carbocycles. The maximum atomic E-state index is 13.0. The quantitative estimate of drug-likeness (QED) is 0.164. The summed E-state index contributed by atoms with van der Waals surface area (Å²) in [5.41, 5.74) is -0.273. The third-order valence-corrected chi connectivity index (χ3v) is 17.5. The Morgan fingerprint density at radius 1 is 0.671 bits per heavy atom. The molecule has 0 unspecified atom stereocenters. The van der Waals surface area contributed by atoms with E-state index in [-0.39, 0.29) is 28.8 Å². The van der Waals surface area contributed by atoms with Gasteiger partial charge in [-0.15, -0.1) is 0 Å². The molecule has 3 saturated carbocycles. The monoisotopic (exact) mass is 990 g/mol. The second kappa shape index (κ2) is 19.9. The number of esters is 6. The number of carbonyl (C=O) groups excluding carboxylic acids is 6. The van der Waals surface area contributed by atoms with Gasteiger partial charge in [-0.25, -0.2) is 0 Å². The van der Waals surface area contributed by atoms with E-state index in [0.29, 0.717) is 37.2 Å². The molecule has 4 saturated heterocycles. The number of allylic oxidation sites excluding steroid dienone is 1. The molecule has 7 fully saturated rings. The van der Waals surface area contributed by atoms with E-state index in [9.17, 15) is 33.9 Å². The lowest BCUT2D eigenvalue weighted by Gasteiger charge is -2.60. The normalized spacial score (nSPS) is 46.2. The van der Waals surface area contributed by atoms with Gasteiger partial charge in [-0.2, -0.15) is 0 Å². The maximum Gasteiger partial charge on any atom is 0.303 e. The molecular weight excluding hydrogens is 917 g/mol. The van der Waals surface area contributed by atoms with Gasteiger partial charge in [0.05, 0.1) is 24.9 Å². The van der Waals surface area contributed by atoms with Crippen molar-refractivity contribution >= 4 is 35.8 Å². The van der Waals surface area contributed by atoms with Crippen molar-refractivity contribution in [2.75, 3.05) is 13.2 Å². The molecule has 21 atom stereocenters. The standard InChI is InChI=1S/C51H74O19/c1-24-14-19-50(60-22-24)26(3)51(58)39(70-50)21-37-35-13-12-33-20-34(15-17-48(33,10)36(35)16-18-49(37,51)11)67-47-45(43(65-31(8)56)41(63-29(6)54)38(68-47)23-59-27(4)52)69-46-44(66-32(9)57)42(64-30(7)55)40(25(2)61-46)62-28(5)53/h12,24-26,34-47,58H,13-23H2,1-11H3/t24-,25+,26+,34+,35+,36-,37-,38+,39-,40+,41+,42-,43-,44+,45+,46-,47+,48+,49-,50+,51+/m1/s1. The minimum Gasteiger partial charge on any atom is -0.463 e. The molecule has 19 heteroatoms. The summed E-state index contributed by atoms with van der Waals surface area (Å²) in [6, 6.07) is 0. The van der Waals surface area contributed by atoms with E-state index in [4.69, 9.17) is 56.8 Å². The topological polar surface area (TPSA) is 233 Å². The lowest BCUT2D eigenvalue weighted by Crippen LogP contribution is -2.67. The lowest BCUT2D eigenvalue weighted by atomic mass is 9.46. The SMILES string of the molecule is CC(=O)OC[C@@H]1O[C@H](O[C@H]2CC[C@@]3(C)C(=CC[C@H]4[C@H]3CC[C@]3(C)[C@@H]4C[C@H]4O[C@@]5(CC[C@@H](C)CO5)[C@H](C)[C@]43O)C2)[C@@H](O[C@H]2O[C@@H](C)[C@H](OC(C)=O)[C@@H](OC(C)=O)[C@@H]2OC(C)=O)[C@H](OC(C)=O)[C@H]1OC(C)=O. The van der Waals surface area contributed by atoms with E-state index >= 15 is 0 Å². The Kier molecular flexibility index (Phi) is 15.0. The minimum atomic E-state index is -1.61. The van der Waals surface area contributed by atoms with Crippen LogP contribution in [0.4, 0.5) is 0 Å². The summed E-state index contributed by atoms with van der Waals surface area (Å²) in [6.45, 7) is 17.7. The summed E-state index contributed by atoms with van der Waals surface area (Å²) in [6.07, 6.45) is -5.25. The molecule has 0 aromatic rings. The van der Waals surface area contributed by atoms with E-state index in [2.05, 4.69) is 33.8 Å². The van der Waals surface area contributed by atoms with Crippen LogP contribution in [0.3, 0.4) is 0 Å². The minimum absolute atomic E-state index is 0.163. The molecule has 8 rings (SSSR count). The van der Waals surface area contributed by atoms with E-state index in [1.807, 2.05) is 0 Å². The number of hydrogen-bond acceptors (Lipinski definition) is 19. The van der Waals surface area contributed by atoms with Crippen molar-refractivity contribution < 1.29 is 90.7 Å². The van der Waals surface area contributed by atoms with Gasteiger partial charge < -0.3 is 61.9 Å². The number of aliphatic hydroxyl groups is 1. The van der Waals surface area contributed by atoms with Crippen LogP contribution in [0.5, 0.6) is 0 Å². The average Bonchev–Trinajstić information content (AvgIpc) is 3.62. The maximum absolute atomic E-state index is 13.0. The highest BCUT2D eigenvalue weighted by Gasteiger charge is 2.76. The molecule has 1 N–H and O–H groups in total. The van der Waals surface area contributed by atoms with Crippen LogP contribution >= 0.6 is 0 Å². The molecule has 70 heavy (non-hydrogen) atoms. The van der Waals surface area contributed by atoms with Crippen LogP contribution in [0, 0.1) is 40.4 Å². The van der Waals surface area contributed by atoms with Gasteiger partial charge in [-0.3, -0.25) is 28.8 Å². The van der Waals surface area contributed by atoms with Crippen LogP contribution in [0.25, 0.3) is 0 Å². The molecule has 0 radical (unpaired) electrons. The number of hydrogen-bond donors (Lipinski definition) is 1. The van der Waals surface area contributed by atoms with Crippen LogP contribution < -0.4 is 0 Å². The number of rotatable bonds is 11. The van der Waals surface area contributed by atoms with Gasteiger partial charge in [0.1, 0.15) is 18.3 Å². The highest BCUT2D eigenvalue weighted by Crippen LogP contribution is 2.72.